The van der Waals surface area contributed by atoms with Gasteiger partial charge in [-0.1, -0.05) is 0 Å². The van der Waals surface area contributed by atoms with Gasteiger partial charge in [0, 0.05) is 30.5 Å². The molecule has 0 unspecified atom stereocenters. The van der Waals surface area contributed by atoms with Crippen molar-refractivity contribution in [3.8, 4) is 5.75 Å². The Balaban J connectivity index is 1.55. The lowest BCUT2D eigenvalue weighted by Crippen LogP contribution is -2.37. The van der Waals surface area contributed by atoms with Crippen molar-refractivity contribution in [3.05, 3.63) is 41.9 Å². The fraction of sp³-hybridized carbons (Fsp3) is 0.421. The molecule has 1 fully saturated rings. The summed E-state index contributed by atoms with van der Waals surface area (Å²) in [5, 5.41) is 5.58. The highest BCUT2D eigenvalue weighted by atomic mass is 16.5. The Bertz CT molecular complexity index is 760. The van der Waals surface area contributed by atoms with E-state index in [0.29, 0.717) is 31.3 Å². The lowest BCUT2D eigenvalue weighted by atomic mass is 10.3. The summed E-state index contributed by atoms with van der Waals surface area (Å²) in [4.78, 5) is 23.3. The molecule has 8 heteroatoms. The summed E-state index contributed by atoms with van der Waals surface area (Å²) in [7, 11) is 0. The van der Waals surface area contributed by atoms with E-state index in [4.69, 9.17) is 9.47 Å². The molecule has 0 saturated carbocycles. The third-order valence-electron chi connectivity index (χ3n) is 4.05. The summed E-state index contributed by atoms with van der Waals surface area (Å²) in [6, 6.07) is 8.87. The summed E-state index contributed by atoms with van der Waals surface area (Å²) in [6.07, 6.45) is 0. The van der Waals surface area contributed by atoms with Crippen LogP contribution in [0.25, 0.3) is 0 Å². The molecule has 0 spiro atoms. The summed E-state index contributed by atoms with van der Waals surface area (Å²) < 4.78 is 10.8. The maximum atomic E-state index is 12.1. The van der Waals surface area contributed by atoms with Crippen molar-refractivity contribution in [2.75, 3.05) is 43.1 Å². The first-order valence-corrected chi connectivity index (χ1v) is 9.09. The van der Waals surface area contributed by atoms with Crippen LogP contribution in [0.2, 0.25) is 0 Å². The standard InChI is InChI=1S/C19H25N5O3/c1-3-27-16-6-4-15(5-7-16)22-19(25)20-13-17-21-14(2)12-18(23-17)24-8-10-26-11-9-24/h4-7,12H,3,8-11,13H2,1-2H3,(H2,20,22,25). The molecule has 1 aromatic heterocycles. The molecule has 0 aliphatic carbocycles. The molecule has 2 aromatic rings. The number of ether oxygens (including phenoxy) is 2. The van der Waals surface area contributed by atoms with Gasteiger partial charge in [0.05, 0.1) is 26.4 Å². The van der Waals surface area contributed by atoms with Crippen LogP contribution in [-0.4, -0.2) is 48.9 Å². The topological polar surface area (TPSA) is 88.6 Å². The van der Waals surface area contributed by atoms with Crippen molar-refractivity contribution >= 4 is 17.5 Å². The molecule has 2 amide bonds. The van der Waals surface area contributed by atoms with Gasteiger partial charge in [0.25, 0.3) is 0 Å². The van der Waals surface area contributed by atoms with Crippen LogP contribution < -0.4 is 20.3 Å². The molecule has 1 aromatic carbocycles. The molecular formula is C19H25N5O3. The number of benzene rings is 1. The predicted molar refractivity (Wildman–Crippen MR) is 103 cm³/mol. The maximum absolute atomic E-state index is 12.1. The number of aromatic nitrogens is 2. The molecular weight excluding hydrogens is 346 g/mol. The van der Waals surface area contributed by atoms with Gasteiger partial charge in [0.2, 0.25) is 0 Å². The minimum Gasteiger partial charge on any atom is -0.494 e. The first-order valence-electron chi connectivity index (χ1n) is 9.09. The van der Waals surface area contributed by atoms with E-state index in [9.17, 15) is 4.79 Å². The molecule has 0 bridgehead atoms. The molecule has 27 heavy (non-hydrogen) atoms. The van der Waals surface area contributed by atoms with Gasteiger partial charge in [0.15, 0.2) is 0 Å². The molecule has 2 heterocycles. The van der Waals surface area contributed by atoms with Crippen LogP contribution in [0.3, 0.4) is 0 Å². The molecule has 1 aliphatic heterocycles. The van der Waals surface area contributed by atoms with Crippen LogP contribution in [0.5, 0.6) is 5.75 Å². The van der Waals surface area contributed by atoms with E-state index in [1.807, 2.05) is 32.0 Å². The number of anilines is 2. The smallest absolute Gasteiger partial charge is 0.319 e. The highest BCUT2D eigenvalue weighted by molar-refractivity contribution is 5.89. The van der Waals surface area contributed by atoms with E-state index in [2.05, 4.69) is 25.5 Å². The second-order valence-corrected chi connectivity index (χ2v) is 6.15. The van der Waals surface area contributed by atoms with Gasteiger partial charge >= 0.3 is 6.03 Å². The third kappa shape index (κ3) is 5.55. The zero-order valence-electron chi connectivity index (χ0n) is 15.7. The van der Waals surface area contributed by atoms with E-state index in [0.717, 1.165) is 30.4 Å². The lowest BCUT2D eigenvalue weighted by molar-refractivity contribution is 0.122. The van der Waals surface area contributed by atoms with Crippen LogP contribution in [0.15, 0.2) is 30.3 Å². The number of aryl methyl sites for hydroxylation is 1. The average Bonchev–Trinajstić information content (AvgIpc) is 2.68. The number of rotatable bonds is 6. The predicted octanol–water partition coefficient (Wildman–Crippen LogP) is 2.34. The summed E-state index contributed by atoms with van der Waals surface area (Å²) in [5.74, 6) is 2.22. The molecule has 3 rings (SSSR count). The van der Waals surface area contributed by atoms with Crippen molar-refractivity contribution in [1.82, 2.24) is 15.3 Å². The van der Waals surface area contributed by atoms with Crippen molar-refractivity contribution in [2.24, 2.45) is 0 Å². The van der Waals surface area contributed by atoms with Crippen LogP contribution in [0.4, 0.5) is 16.3 Å². The van der Waals surface area contributed by atoms with E-state index in [-0.39, 0.29) is 12.6 Å². The van der Waals surface area contributed by atoms with Crippen molar-refractivity contribution in [1.29, 1.82) is 0 Å². The number of hydrogen-bond donors (Lipinski definition) is 2. The quantitative estimate of drug-likeness (QED) is 0.810. The first kappa shape index (κ1) is 18.9. The van der Waals surface area contributed by atoms with Crippen LogP contribution in [0.1, 0.15) is 18.4 Å². The Kier molecular flexibility index (Phi) is 6.43. The maximum Gasteiger partial charge on any atom is 0.319 e. The van der Waals surface area contributed by atoms with Gasteiger partial charge in [-0.3, -0.25) is 0 Å². The van der Waals surface area contributed by atoms with E-state index >= 15 is 0 Å². The third-order valence-corrected chi connectivity index (χ3v) is 4.05. The number of nitrogens with one attached hydrogen (secondary N) is 2. The van der Waals surface area contributed by atoms with Crippen molar-refractivity contribution in [2.45, 2.75) is 20.4 Å². The van der Waals surface area contributed by atoms with Gasteiger partial charge in [-0.25, -0.2) is 14.8 Å². The number of amides is 2. The van der Waals surface area contributed by atoms with Crippen LogP contribution in [-0.2, 0) is 11.3 Å². The zero-order chi connectivity index (χ0) is 19.1. The minimum atomic E-state index is -0.308. The Hall–Kier alpha value is -2.87. The number of carbonyl (C=O) groups is 1. The second kappa shape index (κ2) is 9.18. The Labute approximate surface area is 158 Å². The molecule has 144 valence electrons. The van der Waals surface area contributed by atoms with Gasteiger partial charge in [-0.15, -0.1) is 0 Å². The fourth-order valence-electron chi connectivity index (χ4n) is 2.78. The molecule has 8 nitrogen and oxygen atoms in total. The first-order chi connectivity index (χ1) is 13.1. The normalized spacial score (nSPS) is 13.9. The molecule has 1 aliphatic rings. The molecule has 0 radical (unpaired) electrons. The van der Waals surface area contributed by atoms with E-state index in [1.54, 1.807) is 12.1 Å². The fourth-order valence-corrected chi connectivity index (χ4v) is 2.78. The average molecular weight is 371 g/mol. The number of carbonyl (C=O) groups excluding carboxylic acids is 1. The van der Waals surface area contributed by atoms with Crippen LogP contribution >= 0.6 is 0 Å². The van der Waals surface area contributed by atoms with Gasteiger partial charge < -0.3 is 25.0 Å². The number of nitrogens with zero attached hydrogens (tertiary/aromatic N) is 3. The van der Waals surface area contributed by atoms with Crippen LogP contribution in [0, 0.1) is 6.92 Å². The molecule has 1 saturated heterocycles. The van der Waals surface area contributed by atoms with Gasteiger partial charge in [-0.05, 0) is 38.1 Å². The van der Waals surface area contributed by atoms with E-state index in [1.165, 1.54) is 0 Å². The summed E-state index contributed by atoms with van der Waals surface area (Å²) in [6.45, 7) is 7.72. The Morgan fingerprint density at radius 2 is 1.96 bits per heavy atom. The zero-order valence-corrected chi connectivity index (χ0v) is 15.7. The lowest BCUT2D eigenvalue weighted by Gasteiger charge is -2.28. The second-order valence-electron chi connectivity index (χ2n) is 6.15. The minimum absolute atomic E-state index is 0.252. The van der Waals surface area contributed by atoms with Crippen molar-refractivity contribution < 1.29 is 14.3 Å². The Morgan fingerprint density at radius 3 is 2.67 bits per heavy atom. The number of urea groups is 1. The summed E-state index contributed by atoms with van der Waals surface area (Å²) >= 11 is 0. The summed E-state index contributed by atoms with van der Waals surface area (Å²) in [5.41, 5.74) is 1.56. The van der Waals surface area contributed by atoms with Gasteiger partial charge in [0.1, 0.15) is 17.4 Å². The molecule has 2 N–H and O–H groups in total. The highest BCUT2D eigenvalue weighted by Crippen LogP contribution is 2.16. The SMILES string of the molecule is CCOc1ccc(NC(=O)NCc2nc(C)cc(N3CCOCC3)n2)cc1. The Morgan fingerprint density at radius 1 is 1.22 bits per heavy atom. The van der Waals surface area contributed by atoms with Crippen molar-refractivity contribution in [3.63, 3.8) is 0 Å². The number of hydrogen-bond acceptors (Lipinski definition) is 6. The van der Waals surface area contributed by atoms with E-state index < -0.39 is 0 Å². The number of morpholine rings is 1. The van der Waals surface area contributed by atoms with Gasteiger partial charge in [-0.2, -0.15) is 0 Å². The molecule has 0 atom stereocenters. The largest absolute Gasteiger partial charge is 0.494 e. The highest BCUT2D eigenvalue weighted by Gasteiger charge is 2.14. The monoisotopic (exact) mass is 371 g/mol.